The Morgan fingerprint density at radius 3 is 2.85 bits per heavy atom. The van der Waals surface area contributed by atoms with Crippen LogP contribution in [0.15, 0.2) is 38.6 Å². The van der Waals surface area contributed by atoms with Crippen molar-refractivity contribution < 1.29 is 9.21 Å². The van der Waals surface area contributed by atoms with Gasteiger partial charge in [-0.05, 0) is 49.8 Å². The van der Waals surface area contributed by atoms with Crippen LogP contribution in [0.4, 0.5) is 0 Å². The molecule has 1 aromatic carbocycles. The number of carbonyl (C=O) groups is 1. The topological polar surface area (TPSA) is 81.2 Å². The van der Waals surface area contributed by atoms with Gasteiger partial charge in [-0.15, -0.1) is 11.3 Å². The monoisotopic (exact) mass is 480 g/mol. The lowest BCUT2D eigenvalue weighted by Gasteiger charge is -2.30. The summed E-state index contributed by atoms with van der Waals surface area (Å²) >= 11 is 2.99. The molecule has 4 heterocycles. The minimum absolute atomic E-state index is 0.00787. The van der Waals surface area contributed by atoms with Crippen LogP contribution in [-0.4, -0.2) is 44.2 Å². The van der Waals surface area contributed by atoms with Gasteiger partial charge >= 0.3 is 0 Å². The van der Waals surface area contributed by atoms with Gasteiger partial charge < -0.3 is 9.32 Å². The van der Waals surface area contributed by atoms with Crippen LogP contribution in [0, 0.1) is 0 Å². The highest BCUT2D eigenvalue weighted by Gasteiger charge is 2.28. The van der Waals surface area contributed by atoms with E-state index >= 15 is 0 Å². The molecule has 1 aliphatic carbocycles. The molecular formula is C24H24N4O3S2. The fourth-order valence-electron chi connectivity index (χ4n) is 4.89. The Morgan fingerprint density at radius 2 is 2.03 bits per heavy atom. The van der Waals surface area contributed by atoms with E-state index in [2.05, 4.69) is 4.98 Å². The van der Waals surface area contributed by atoms with Gasteiger partial charge in [0.2, 0.25) is 5.91 Å². The maximum atomic E-state index is 13.0. The molecule has 1 aliphatic heterocycles. The van der Waals surface area contributed by atoms with Crippen molar-refractivity contribution in [2.75, 3.05) is 18.8 Å². The van der Waals surface area contributed by atoms with Gasteiger partial charge in [0.25, 0.3) is 5.56 Å². The third-order valence-electron chi connectivity index (χ3n) is 6.74. The van der Waals surface area contributed by atoms with Crippen LogP contribution in [-0.2, 0) is 24.7 Å². The van der Waals surface area contributed by atoms with Crippen LogP contribution >= 0.6 is 23.1 Å². The van der Waals surface area contributed by atoms with E-state index in [0.29, 0.717) is 18.2 Å². The fraction of sp³-hybridized carbons (Fsp3) is 0.417. The number of oxazole rings is 1. The molecule has 0 atom stereocenters. The van der Waals surface area contributed by atoms with Crippen molar-refractivity contribution in [2.45, 2.75) is 43.2 Å². The van der Waals surface area contributed by atoms with Crippen LogP contribution in [0.3, 0.4) is 0 Å². The zero-order chi connectivity index (χ0) is 22.5. The Hall–Kier alpha value is -2.65. The molecule has 0 saturated carbocycles. The summed E-state index contributed by atoms with van der Waals surface area (Å²) in [7, 11) is 1.76. The van der Waals surface area contributed by atoms with Gasteiger partial charge in [0.1, 0.15) is 10.3 Å². The predicted molar refractivity (Wildman–Crippen MR) is 130 cm³/mol. The summed E-state index contributed by atoms with van der Waals surface area (Å²) in [5.74, 6) is 1.37. The number of hydrogen-bond donors (Lipinski definition) is 0. The number of aromatic nitrogens is 3. The molecule has 1 saturated heterocycles. The van der Waals surface area contributed by atoms with E-state index in [1.807, 2.05) is 29.2 Å². The highest BCUT2D eigenvalue weighted by molar-refractivity contribution is 7.99. The number of benzene rings is 1. The second kappa shape index (κ2) is 8.29. The van der Waals surface area contributed by atoms with Gasteiger partial charge in [0, 0.05) is 30.9 Å². The highest BCUT2D eigenvalue weighted by Crippen LogP contribution is 2.35. The number of fused-ring (bicyclic) bond motifs is 4. The lowest BCUT2D eigenvalue weighted by atomic mass is 9.97. The van der Waals surface area contributed by atoms with Crippen LogP contribution in [0.1, 0.15) is 41.5 Å². The first kappa shape index (κ1) is 20.9. The molecule has 33 heavy (non-hydrogen) atoms. The van der Waals surface area contributed by atoms with Crippen molar-refractivity contribution >= 4 is 50.3 Å². The normalized spacial score (nSPS) is 16.7. The standard InChI is InChI=1S/C24H24N4O3S2/c1-27-23(30)20-15-5-4-8-18(15)33-22(20)26-24(27)32-13-19(29)28-11-9-14(10-12-28)21-25-16-6-2-3-7-17(16)31-21/h2-3,6-7,14H,4-5,8-13H2,1H3. The summed E-state index contributed by atoms with van der Waals surface area (Å²) in [5.41, 5.74) is 2.90. The minimum Gasteiger partial charge on any atom is -0.440 e. The zero-order valence-electron chi connectivity index (χ0n) is 18.4. The predicted octanol–water partition coefficient (Wildman–Crippen LogP) is 4.12. The summed E-state index contributed by atoms with van der Waals surface area (Å²) in [6.45, 7) is 1.37. The molecule has 0 N–H and O–H groups in total. The SMILES string of the molecule is Cn1c(SCC(=O)N2CCC(c3nc4ccccc4o3)CC2)nc2sc3c(c2c1=O)CCC3. The van der Waals surface area contributed by atoms with E-state index in [4.69, 9.17) is 9.40 Å². The molecular weight excluding hydrogens is 456 g/mol. The van der Waals surface area contributed by atoms with Gasteiger partial charge in [-0.1, -0.05) is 23.9 Å². The molecule has 6 rings (SSSR count). The van der Waals surface area contributed by atoms with Gasteiger partial charge in [0.05, 0.1) is 11.1 Å². The summed E-state index contributed by atoms with van der Waals surface area (Å²) < 4.78 is 7.53. The van der Waals surface area contributed by atoms with E-state index in [1.54, 1.807) is 23.0 Å². The Kier molecular flexibility index (Phi) is 5.25. The van der Waals surface area contributed by atoms with Crippen molar-refractivity contribution in [3.05, 3.63) is 51.0 Å². The Bertz CT molecular complexity index is 1400. The average Bonchev–Trinajstić information content (AvgIpc) is 3.54. The number of nitrogens with zero attached hydrogens (tertiary/aromatic N) is 4. The molecule has 1 fully saturated rings. The third kappa shape index (κ3) is 3.67. The number of thiophene rings is 1. The molecule has 0 radical (unpaired) electrons. The van der Waals surface area contributed by atoms with Crippen LogP contribution in [0.2, 0.25) is 0 Å². The Balaban J connectivity index is 1.11. The van der Waals surface area contributed by atoms with Crippen molar-refractivity contribution in [1.82, 2.24) is 19.4 Å². The van der Waals surface area contributed by atoms with Gasteiger partial charge in [0.15, 0.2) is 16.6 Å². The molecule has 170 valence electrons. The van der Waals surface area contributed by atoms with Crippen LogP contribution in [0.25, 0.3) is 21.3 Å². The number of hydrogen-bond acceptors (Lipinski definition) is 7. The summed E-state index contributed by atoms with van der Waals surface area (Å²) in [6.07, 6.45) is 4.81. The lowest BCUT2D eigenvalue weighted by molar-refractivity contribution is -0.129. The number of thioether (sulfide) groups is 1. The average molecular weight is 481 g/mol. The quantitative estimate of drug-likeness (QED) is 0.323. The minimum atomic E-state index is 0.00787. The smallest absolute Gasteiger partial charge is 0.262 e. The highest BCUT2D eigenvalue weighted by atomic mass is 32.2. The molecule has 7 nitrogen and oxygen atoms in total. The van der Waals surface area contributed by atoms with Crippen LogP contribution < -0.4 is 5.56 Å². The Morgan fingerprint density at radius 1 is 1.21 bits per heavy atom. The summed E-state index contributed by atoms with van der Waals surface area (Å²) in [5, 5.41) is 1.40. The zero-order valence-corrected chi connectivity index (χ0v) is 20.0. The Labute approximate surface area is 198 Å². The fourth-order valence-corrected chi connectivity index (χ4v) is 7.07. The maximum absolute atomic E-state index is 13.0. The van der Waals surface area contributed by atoms with E-state index < -0.39 is 0 Å². The van der Waals surface area contributed by atoms with Crippen LogP contribution in [0.5, 0.6) is 0 Å². The maximum Gasteiger partial charge on any atom is 0.262 e. The van der Waals surface area contributed by atoms with E-state index in [1.165, 1.54) is 22.2 Å². The van der Waals surface area contributed by atoms with Crippen molar-refractivity contribution in [3.8, 4) is 0 Å². The molecule has 2 aliphatic rings. The number of amides is 1. The first-order valence-corrected chi connectivity index (χ1v) is 13.2. The first-order chi connectivity index (χ1) is 16.1. The molecule has 0 unspecified atom stereocenters. The molecule has 0 bridgehead atoms. The number of rotatable bonds is 4. The number of likely N-dealkylation sites (tertiary alicyclic amines) is 1. The van der Waals surface area contributed by atoms with Gasteiger partial charge in [-0.25, -0.2) is 9.97 Å². The first-order valence-electron chi connectivity index (χ1n) is 11.4. The third-order valence-corrected chi connectivity index (χ3v) is 8.94. The molecule has 3 aromatic heterocycles. The number of para-hydroxylation sites is 2. The largest absolute Gasteiger partial charge is 0.440 e. The van der Waals surface area contributed by atoms with Crippen molar-refractivity contribution in [2.24, 2.45) is 7.05 Å². The molecule has 0 spiro atoms. The number of carbonyl (C=O) groups excluding carboxylic acids is 1. The summed E-state index contributed by atoms with van der Waals surface area (Å²) in [6, 6.07) is 7.80. The second-order valence-electron chi connectivity index (χ2n) is 8.76. The van der Waals surface area contributed by atoms with Crippen molar-refractivity contribution in [3.63, 3.8) is 0 Å². The molecule has 1 amide bonds. The van der Waals surface area contributed by atoms with E-state index in [9.17, 15) is 9.59 Å². The number of aryl methyl sites for hydroxylation is 2. The molecule has 9 heteroatoms. The van der Waals surface area contributed by atoms with Gasteiger partial charge in [-0.3, -0.25) is 14.2 Å². The molecule has 4 aromatic rings. The van der Waals surface area contributed by atoms with E-state index in [0.717, 1.165) is 59.3 Å². The van der Waals surface area contributed by atoms with Crippen molar-refractivity contribution in [1.29, 1.82) is 0 Å². The lowest BCUT2D eigenvalue weighted by Crippen LogP contribution is -2.39. The van der Waals surface area contributed by atoms with Gasteiger partial charge in [-0.2, -0.15) is 0 Å². The summed E-state index contributed by atoms with van der Waals surface area (Å²) in [4.78, 5) is 39.2. The van der Waals surface area contributed by atoms with E-state index in [-0.39, 0.29) is 23.1 Å². The number of piperidine rings is 1. The second-order valence-corrected chi connectivity index (χ2v) is 10.8.